The highest BCUT2D eigenvalue weighted by Crippen LogP contribution is 2.26. The maximum Gasteiger partial charge on any atom is 0.262 e. The zero-order valence-electron chi connectivity index (χ0n) is 17.6. The highest BCUT2D eigenvalue weighted by molar-refractivity contribution is 6.23. The van der Waals surface area contributed by atoms with Gasteiger partial charge in [0.15, 0.2) is 5.82 Å². The van der Waals surface area contributed by atoms with E-state index in [1.54, 1.807) is 41.2 Å². The monoisotopic (exact) mass is 436 g/mol. The molecule has 0 fully saturated rings. The molecule has 3 aromatic carbocycles. The van der Waals surface area contributed by atoms with Crippen LogP contribution in [-0.4, -0.2) is 38.4 Å². The number of rotatable bonds is 6. The molecule has 1 aliphatic rings. The Hall–Kier alpha value is -4.52. The second-order valence-corrected chi connectivity index (χ2v) is 7.70. The number of carbonyl (C=O) groups is 3. The van der Waals surface area contributed by atoms with Crippen molar-refractivity contribution in [3.05, 3.63) is 114 Å². The van der Waals surface area contributed by atoms with Gasteiger partial charge in [-0.2, -0.15) is 5.10 Å². The summed E-state index contributed by atoms with van der Waals surface area (Å²) in [5, 5.41) is 7.19. The quantitative estimate of drug-likeness (QED) is 0.467. The standard InChI is InChI=1S/C26H20N4O3/c31-24(27-23-15-16-29(28-23)19-11-5-2-6-12-19)22(17-18-9-3-1-4-10-18)30-25(32)20-13-7-8-14-21(20)26(30)33/h1-16,22H,17H2,(H,27,28,31). The molecule has 0 saturated heterocycles. The van der Waals surface area contributed by atoms with E-state index in [0.717, 1.165) is 16.2 Å². The van der Waals surface area contributed by atoms with E-state index in [1.165, 1.54) is 0 Å². The molecule has 0 bridgehead atoms. The number of carbonyl (C=O) groups excluding carboxylic acids is 3. The summed E-state index contributed by atoms with van der Waals surface area (Å²) < 4.78 is 1.64. The van der Waals surface area contributed by atoms with Gasteiger partial charge in [-0.05, 0) is 29.8 Å². The maximum atomic E-state index is 13.4. The molecule has 0 spiro atoms. The number of amides is 3. The van der Waals surface area contributed by atoms with Crippen molar-refractivity contribution in [1.29, 1.82) is 0 Å². The van der Waals surface area contributed by atoms with E-state index >= 15 is 0 Å². The van der Waals surface area contributed by atoms with Crippen LogP contribution in [0, 0.1) is 0 Å². The molecule has 0 radical (unpaired) electrons. The van der Waals surface area contributed by atoms with Crippen molar-refractivity contribution in [1.82, 2.24) is 14.7 Å². The maximum absolute atomic E-state index is 13.4. The van der Waals surface area contributed by atoms with Gasteiger partial charge in [0, 0.05) is 18.7 Å². The average Bonchev–Trinajstić information content (AvgIpc) is 3.42. The number of fused-ring (bicyclic) bond motifs is 1. The third-order valence-corrected chi connectivity index (χ3v) is 5.57. The minimum Gasteiger partial charge on any atom is -0.307 e. The van der Waals surface area contributed by atoms with E-state index in [4.69, 9.17) is 0 Å². The molecule has 4 aromatic rings. The van der Waals surface area contributed by atoms with Crippen LogP contribution in [-0.2, 0) is 11.2 Å². The number of hydrogen-bond donors (Lipinski definition) is 1. The van der Waals surface area contributed by atoms with Crippen LogP contribution >= 0.6 is 0 Å². The summed E-state index contributed by atoms with van der Waals surface area (Å²) >= 11 is 0. The second kappa shape index (κ2) is 8.55. The number of nitrogens with zero attached hydrogens (tertiary/aromatic N) is 3. The van der Waals surface area contributed by atoms with Crippen molar-refractivity contribution in [2.24, 2.45) is 0 Å². The Morgan fingerprint density at radius 1 is 0.788 bits per heavy atom. The van der Waals surface area contributed by atoms with E-state index in [0.29, 0.717) is 16.9 Å². The van der Waals surface area contributed by atoms with Gasteiger partial charge >= 0.3 is 0 Å². The van der Waals surface area contributed by atoms with Gasteiger partial charge in [0.25, 0.3) is 11.8 Å². The molecule has 1 atom stereocenters. The van der Waals surface area contributed by atoms with Crippen LogP contribution in [0.3, 0.4) is 0 Å². The Morgan fingerprint density at radius 3 is 2.00 bits per heavy atom. The number of imide groups is 1. The number of benzene rings is 3. The first-order chi connectivity index (χ1) is 16.1. The van der Waals surface area contributed by atoms with Crippen molar-refractivity contribution < 1.29 is 14.4 Å². The Bertz CT molecular complexity index is 1300. The number of nitrogens with one attached hydrogen (secondary N) is 1. The van der Waals surface area contributed by atoms with Crippen LogP contribution in [0.2, 0.25) is 0 Å². The van der Waals surface area contributed by atoms with Crippen molar-refractivity contribution in [3.8, 4) is 5.69 Å². The molecule has 7 nitrogen and oxygen atoms in total. The summed E-state index contributed by atoms with van der Waals surface area (Å²) in [5.74, 6) is -1.09. The highest BCUT2D eigenvalue weighted by Gasteiger charge is 2.42. The Balaban J connectivity index is 1.44. The summed E-state index contributed by atoms with van der Waals surface area (Å²) in [6.07, 6.45) is 1.93. The lowest BCUT2D eigenvalue weighted by Gasteiger charge is -2.25. The first-order valence-corrected chi connectivity index (χ1v) is 10.5. The highest BCUT2D eigenvalue weighted by atomic mass is 16.2. The SMILES string of the molecule is O=C(Nc1ccn(-c2ccccc2)n1)C(Cc1ccccc1)N1C(=O)c2ccccc2C1=O. The third kappa shape index (κ3) is 3.92. The van der Waals surface area contributed by atoms with E-state index in [-0.39, 0.29) is 6.42 Å². The second-order valence-electron chi connectivity index (χ2n) is 7.70. The first-order valence-electron chi connectivity index (χ1n) is 10.5. The Kier molecular flexibility index (Phi) is 5.28. The molecule has 33 heavy (non-hydrogen) atoms. The summed E-state index contributed by atoms with van der Waals surface area (Å²) in [7, 11) is 0. The van der Waals surface area contributed by atoms with Crippen LogP contribution in [0.1, 0.15) is 26.3 Å². The summed E-state index contributed by atoms with van der Waals surface area (Å²) in [6, 6.07) is 26.1. The lowest BCUT2D eigenvalue weighted by atomic mass is 10.0. The van der Waals surface area contributed by atoms with Gasteiger partial charge in [0.1, 0.15) is 6.04 Å². The smallest absolute Gasteiger partial charge is 0.262 e. The van der Waals surface area contributed by atoms with Crippen LogP contribution in [0.15, 0.2) is 97.2 Å². The minimum absolute atomic E-state index is 0.192. The summed E-state index contributed by atoms with van der Waals surface area (Å²) in [4.78, 5) is 40.6. The topological polar surface area (TPSA) is 84.3 Å². The predicted octanol–water partition coefficient (Wildman–Crippen LogP) is 3.72. The molecule has 162 valence electrons. The summed E-state index contributed by atoms with van der Waals surface area (Å²) in [5.41, 5.74) is 2.30. The van der Waals surface area contributed by atoms with Crippen LogP contribution in [0.25, 0.3) is 5.69 Å². The molecule has 5 rings (SSSR count). The molecule has 1 unspecified atom stereocenters. The van der Waals surface area contributed by atoms with Crippen molar-refractivity contribution in [3.63, 3.8) is 0 Å². The lowest BCUT2D eigenvalue weighted by molar-refractivity contribution is -0.120. The molecule has 0 saturated carbocycles. The fourth-order valence-corrected chi connectivity index (χ4v) is 3.95. The van der Waals surface area contributed by atoms with E-state index < -0.39 is 23.8 Å². The number of para-hydroxylation sites is 1. The van der Waals surface area contributed by atoms with Crippen LogP contribution in [0.5, 0.6) is 0 Å². The molecule has 1 N–H and O–H groups in total. The molecular weight excluding hydrogens is 416 g/mol. The zero-order valence-corrected chi connectivity index (χ0v) is 17.6. The fourth-order valence-electron chi connectivity index (χ4n) is 3.95. The van der Waals surface area contributed by atoms with Gasteiger partial charge in [-0.3, -0.25) is 19.3 Å². The van der Waals surface area contributed by atoms with Crippen molar-refractivity contribution in [2.45, 2.75) is 12.5 Å². The van der Waals surface area contributed by atoms with Crippen LogP contribution in [0.4, 0.5) is 5.82 Å². The van der Waals surface area contributed by atoms with Gasteiger partial charge in [-0.25, -0.2) is 4.68 Å². The molecule has 0 aliphatic carbocycles. The molecular formula is C26H20N4O3. The Labute approximate surface area is 190 Å². The molecule has 7 heteroatoms. The van der Waals surface area contributed by atoms with E-state index in [9.17, 15) is 14.4 Å². The van der Waals surface area contributed by atoms with Gasteiger partial charge in [0.2, 0.25) is 5.91 Å². The Morgan fingerprint density at radius 2 is 1.36 bits per heavy atom. The fraction of sp³-hybridized carbons (Fsp3) is 0.0769. The lowest BCUT2D eigenvalue weighted by Crippen LogP contribution is -2.48. The number of anilines is 1. The third-order valence-electron chi connectivity index (χ3n) is 5.57. The molecule has 3 amide bonds. The average molecular weight is 436 g/mol. The molecule has 1 aromatic heterocycles. The van der Waals surface area contributed by atoms with Crippen molar-refractivity contribution in [2.75, 3.05) is 5.32 Å². The number of hydrogen-bond acceptors (Lipinski definition) is 4. The first kappa shape index (κ1) is 20.4. The predicted molar refractivity (Wildman–Crippen MR) is 123 cm³/mol. The largest absolute Gasteiger partial charge is 0.307 e. The van der Waals surface area contributed by atoms with Gasteiger partial charge in [0.05, 0.1) is 16.8 Å². The van der Waals surface area contributed by atoms with Gasteiger partial charge in [-0.1, -0.05) is 60.7 Å². The summed E-state index contributed by atoms with van der Waals surface area (Å²) in [6.45, 7) is 0. The van der Waals surface area contributed by atoms with Crippen LogP contribution < -0.4 is 5.32 Å². The van der Waals surface area contributed by atoms with E-state index in [1.807, 2.05) is 60.7 Å². The van der Waals surface area contributed by atoms with Gasteiger partial charge < -0.3 is 5.32 Å². The normalized spacial score (nSPS) is 13.6. The van der Waals surface area contributed by atoms with Crippen molar-refractivity contribution >= 4 is 23.5 Å². The minimum atomic E-state index is -1.03. The zero-order chi connectivity index (χ0) is 22.8. The van der Waals surface area contributed by atoms with E-state index in [2.05, 4.69) is 10.4 Å². The van der Waals surface area contributed by atoms with Gasteiger partial charge in [-0.15, -0.1) is 0 Å². The number of aromatic nitrogens is 2. The molecule has 1 aliphatic heterocycles. The molecule has 2 heterocycles.